The summed E-state index contributed by atoms with van der Waals surface area (Å²) in [4.78, 5) is 4.06. The van der Waals surface area contributed by atoms with Crippen molar-refractivity contribution in [2.24, 2.45) is 4.99 Å². The fourth-order valence-electron chi connectivity index (χ4n) is 1.52. The SMILES string of the molecule is CCCC(O)(CCC)C(C)=NC.[Tm]. The molecule has 0 heterocycles. The molecule has 0 aromatic heterocycles. The van der Waals surface area contributed by atoms with Crippen LogP contribution in [0.2, 0.25) is 0 Å². The van der Waals surface area contributed by atoms with Crippen LogP contribution in [0, 0.1) is 36.9 Å². The fourth-order valence-corrected chi connectivity index (χ4v) is 1.52. The van der Waals surface area contributed by atoms with Crippen molar-refractivity contribution in [1.82, 2.24) is 0 Å². The molecule has 0 aliphatic rings. The van der Waals surface area contributed by atoms with Gasteiger partial charge in [-0.15, -0.1) is 0 Å². The Labute approximate surface area is 111 Å². The molecule has 0 aliphatic carbocycles. The molecule has 85 valence electrons. The third-order valence-electron chi connectivity index (χ3n) is 2.34. The van der Waals surface area contributed by atoms with Crippen molar-refractivity contribution >= 4 is 5.71 Å². The molecular formula is C10H21NOTm. The van der Waals surface area contributed by atoms with Crippen LogP contribution < -0.4 is 0 Å². The second-order valence-electron chi connectivity index (χ2n) is 3.34. The standard InChI is InChI=1S/C10H21NO.Tm/c1-5-7-10(12,8-6-2)9(3)11-4;/h12H,5-8H2,1-4H3;. The van der Waals surface area contributed by atoms with E-state index >= 15 is 0 Å². The molecule has 3 heteroatoms. The summed E-state index contributed by atoms with van der Waals surface area (Å²) in [5, 5.41) is 10.1. The predicted molar refractivity (Wildman–Crippen MR) is 53.8 cm³/mol. The van der Waals surface area contributed by atoms with Gasteiger partial charge in [0.1, 0.15) is 5.60 Å². The Morgan fingerprint density at radius 2 is 1.62 bits per heavy atom. The molecule has 0 rings (SSSR count). The quantitative estimate of drug-likeness (QED) is 0.766. The molecule has 0 bridgehead atoms. The minimum Gasteiger partial charge on any atom is -0.384 e. The normalized spacial score (nSPS) is 12.5. The van der Waals surface area contributed by atoms with E-state index in [1.807, 2.05) is 6.92 Å². The van der Waals surface area contributed by atoms with Gasteiger partial charge in [-0.2, -0.15) is 0 Å². The van der Waals surface area contributed by atoms with Crippen molar-refractivity contribution in [3.63, 3.8) is 0 Å². The summed E-state index contributed by atoms with van der Waals surface area (Å²) in [6.45, 7) is 6.08. The van der Waals surface area contributed by atoms with Crippen LogP contribution in [0.25, 0.3) is 0 Å². The summed E-state index contributed by atoms with van der Waals surface area (Å²) in [7, 11) is 1.74. The summed E-state index contributed by atoms with van der Waals surface area (Å²) in [6, 6.07) is 0. The van der Waals surface area contributed by atoms with Gasteiger partial charge in [0, 0.05) is 49.6 Å². The first kappa shape index (κ1) is 16.3. The Bertz CT molecular complexity index is 151. The van der Waals surface area contributed by atoms with E-state index in [0.29, 0.717) is 0 Å². The van der Waals surface area contributed by atoms with Gasteiger partial charge in [0.2, 0.25) is 0 Å². The average molecular weight is 340 g/mol. The second kappa shape index (κ2) is 8.20. The number of hydrogen-bond acceptors (Lipinski definition) is 2. The number of rotatable bonds is 5. The van der Waals surface area contributed by atoms with Crippen LogP contribution in [0.15, 0.2) is 4.99 Å². The third-order valence-corrected chi connectivity index (χ3v) is 2.34. The van der Waals surface area contributed by atoms with Crippen LogP contribution in [0.1, 0.15) is 46.5 Å². The third kappa shape index (κ3) is 5.34. The van der Waals surface area contributed by atoms with Crippen LogP contribution in [0.3, 0.4) is 0 Å². The van der Waals surface area contributed by atoms with E-state index in [-0.39, 0.29) is 36.9 Å². The first-order valence-corrected chi connectivity index (χ1v) is 4.77. The number of aliphatic imine (C=N–C) groups is 1. The second-order valence-corrected chi connectivity index (χ2v) is 3.34. The van der Waals surface area contributed by atoms with Gasteiger partial charge in [-0.05, 0) is 19.8 Å². The van der Waals surface area contributed by atoms with Crippen molar-refractivity contribution < 1.29 is 42.0 Å². The van der Waals surface area contributed by atoms with Gasteiger partial charge in [0.25, 0.3) is 0 Å². The number of aliphatic hydroxyl groups is 1. The fraction of sp³-hybridized carbons (Fsp3) is 0.900. The van der Waals surface area contributed by atoms with E-state index in [9.17, 15) is 5.11 Å². The summed E-state index contributed by atoms with van der Waals surface area (Å²) < 4.78 is 0. The largest absolute Gasteiger partial charge is 0.384 e. The van der Waals surface area contributed by atoms with Crippen molar-refractivity contribution in [1.29, 1.82) is 0 Å². The molecule has 1 N–H and O–H groups in total. The molecule has 0 spiro atoms. The molecule has 1 radical (unpaired) electrons. The van der Waals surface area contributed by atoms with Gasteiger partial charge in [0.15, 0.2) is 0 Å². The molecule has 0 unspecified atom stereocenters. The summed E-state index contributed by atoms with van der Waals surface area (Å²) in [6.07, 6.45) is 3.65. The van der Waals surface area contributed by atoms with Crippen molar-refractivity contribution in [2.75, 3.05) is 7.05 Å². The van der Waals surface area contributed by atoms with Gasteiger partial charge >= 0.3 is 0 Å². The molecule has 2 nitrogen and oxygen atoms in total. The minimum atomic E-state index is -0.641. The molecule has 0 atom stereocenters. The summed E-state index contributed by atoms with van der Waals surface area (Å²) in [5.74, 6) is 0. The Kier molecular flexibility index (Phi) is 10.3. The van der Waals surface area contributed by atoms with Gasteiger partial charge in [0.05, 0.1) is 0 Å². The maximum Gasteiger partial charge on any atom is 0.102 e. The molecule has 0 aliphatic heterocycles. The van der Waals surface area contributed by atoms with E-state index in [2.05, 4.69) is 18.8 Å². The zero-order chi connectivity index (χ0) is 9.61. The summed E-state index contributed by atoms with van der Waals surface area (Å²) >= 11 is 0. The first-order valence-electron chi connectivity index (χ1n) is 4.77. The van der Waals surface area contributed by atoms with Crippen LogP contribution >= 0.6 is 0 Å². The molecule has 0 saturated heterocycles. The zero-order valence-corrected chi connectivity index (χ0v) is 10.8. The molecule has 0 fully saturated rings. The van der Waals surface area contributed by atoms with E-state index in [4.69, 9.17) is 0 Å². The topological polar surface area (TPSA) is 32.6 Å². The van der Waals surface area contributed by atoms with E-state index in [1.165, 1.54) is 0 Å². The monoisotopic (exact) mass is 340 g/mol. The van der Waals surface area contributed by atoms with E-state index in [0.717, 1.165) is 31.4 Å². The van der Waals surface area contributed by atoms with E-state index < -0.39 is 5.60 Å². The maximum absolute atomic E-state index is 10.1. The van der Waals surface area contributed by atoms with Crippen molar-refractivity contribution in [3.05, 3.63) is 0 Å². The number of hydrogen-bond donors (Lipinski definition) is 1. The van der Waals surface area contributed by atoms with Crippen LogP contribution in [0.5, 0.6) is 0 Å². The smallest absolute Gasteiger partial charge is 0.102 e. The Hall–Kier alpha value is 0.864. The minimum absolute atomic E-state index is 0. The summed E-state index contributed by atoms with van der Waals surface area (Å²) in [5.41, 5.74) is 0.226. The molecule has 0 aromatic carbocycles. The van der Waals surface area contributed by atoms with Gasteiger partial charge < -0.3 is 5.11 Å². The molecule has 0 saturated carbocycles. The van der Waals surface area contributed by atoms with Crippen LogP contribution in [-0.4, -0.2) is 23.5 Å². The molecule has 0 amide bonds. The Morgan fingerprint density at radius 3 is 1.85 bits per heavy atom. The molecular weight excluding hydrogens is 319 g/mol. The predicted octanol–water partition coefficient (Wildman–Crippen LogP) is 2.41. The van der Waals surface area contributed by atoms with E-state index in [1.54, 1.807) is 7.05 Å². The Morgan fingerprint density at radius 1 is 1.23 bits per heavy atom. The molecule has 13 heavy (non-hydrogen) atoms. The first-order chi connectivity index (χ1) is 5.60. The van der Waals surface area contributed by atoms with Crippen LogP contribution in [0.4, 0.5) is 0 Å². The molecule has 0 aromatic rings. The van der Waals surface area contributed by atoms with Gasteiger partial charge in [-0.1, -0.05) is 26.7 Å². The van der Waals surface area contributed by atoms with Crippen molar-refractivity contribution in [3.8, 4) is 0 Å². The number of nitrogens with zero attached hydrogens (tertiary/aromatic N) is 1. The maximum atomic E-state index is 10.1. The zero-order valence-electron chi connectivity index (χ0n) is 9.00. The van der Waals surface area contributed by atoms with Gasteiger partial charge in [-0.3, -0.25) is 4.99 Å². The van der Waals surface area contributed by atoms with Crippen LogP contribution in [-0.2, 0) is 0 Å². The van der Waals surface area contributed by atoms with Gasteiger partial charge in [-0.25, -0.2) is 0 Å². The van der Waals surface area contributed by atoms with Crippen molar-refractivity contribution in [2.45, 2.75) is 52.1 Å². The Balaban J connectivity index is 0. The average Bonchev–Trinajstić information content (AvgIpc) is 2.04.